The Hall–Kier alpha value is -2.78. The average Bonchev–Trinajstić information content (AvgIpc) is 2.75. The molecule has 166 valence electrons. The molecular formula is C22H18Cl2FN3O3S. The van der Waals surface area contributed by atoms with E-state index in [4.69, 9.17) is 23.2 Å². The fourth-order valence-corrected chi connectivity index (χ4v) is 4.45. The SMILES string of the molecule is O=C(CN(Cc1ccc(F)cc1)S(=O)(=O)c1ccc(Cl)cc1)N/N=C\c1cccc(Cl)c1. The van der Waals surface area contributed by atoms with Crippen LogP contribution in [0.3, 0.4) is 0 Å². The number of amides is 1. The summed E-state index contributed by atoms with van der Waals surface area (Å²) in [7, 11) is -4.05. The number of sulfonamides is 1. The van der Waals surface area contributed by atoms with Gasteiger partial charge in [-0.2, -0.15) is 9.41 Å². The standard InChI is InChI=1S/C22H18Cl2FN3O3S/c23-18-6-10-21(11-7-18)32(30,31)28(14-16-4-8-20(25)9-5-16)15-22(29)27-26-13-17-2-1-3-19(24)12-17/h1-13H,14-15H2,(H,27,29)/b26-13-. The summed E-state index contributed by atoms with van der Waals surface area (Å²) in [5.74, 6) is -1.10. The molecule has 0 radical (unpaired) electrons. The zero-order valence-corrected chi connectivity index (χ0v) is 18.9. The number of carbonyl (C=O) groups excluding carboxylic acids is 1. The minimum atomic E-state index is -4.05. The summed E-state index contributed by atoms with van der Waals surface area (Å²) in [5, 5.41) is 4.74. The fraction of sp³-hybridized carbons (Fsp3) is 0.0909. The number of hydrogen-bond acceptors (Lipinski definition) is 4. The lowest BCUT2D eigenvalue weighted by Crippen LogP contribution is -2.39. The van der Waals surface area contributed by atoms with Crippen LogP contribution in [0.2, 0.25) is 10.0 Å². The summed E-state index contributed by atoms with van der Waals surface area (Å²) in [4.78, 5) is 12.4. The zero-order valence-electron chi connectivity index (χ0n) is 16.6. The van der Waals surface area contributed by atoms with Gasteiger partial charge in [0.25, 0.3) is 5.91 Å². The topological polar surface area (TPSA) is 78.8 Å². The quantitative estimate of drug-likeness (QED) is 0.371. The maximum Gasteiger partial charge on any atom is 0.255 e. The summed E-state index contributed by atoms with van der Waals surface area (Å²) < 4.78 is 40.5. The van der Waals surface area contributed by atoms with Crippen LogP contribution >= 0.6 is 23.2 Å². The second-order valence-electron chi connectivity index (χ2n) is 6.70. The summed E-state index contributed by atoms with van der Waals surface area (Å²) in [5.41, 5.74) is 3.48. The van der Waals surface area contributed by atoms with Crippen molar-refractivity contribution in [2.24, 2.45) is 5.10 Å². The lowest BCUT2D eigenvalue weighted by molar-refractivity contribution is -0.121. The molecular weight excluding hydrogens is 476 g/mol. The predicted molar refractivity (Wildman–Crippen MR) is 123 cm³/mol. The molecule has 0 aliphatic heterocycles. The Morgan fingerprint density at radius 3 is 2.34 bits per heavy atom. The first kappa shape index (κ1) is 23.9. The molecule has 0 aliphatic carbocycles. The van der Waals surface area contributed by atoms with Crippen molar-refractivity contribution in [2.75, 3.05) is 6.54 Å². The van der Waals surface area contributed by atoms with Gasteiger partial charge in [-0.3, -0.25) is 4.79 Å². The van der Waals surface area contributed by atoms with Crippen molar-refractivity contribution in [1.29, 1.82) is 0 Å². The third kappa shape index (κ3) is 6.61. The lowest BCUT2D eigenvalue weighted by Gasteiger charge is -2.21. The van der Waals surface area contributed by atoms with Crippen LogP contribution in [0.25, 0.3) is 0 Å². The Bertz CT molecular complexity index is 1220. The van der Waals surface area contributed by atoms with Gasteiger partial charge in [-0.25, -0.2) is 18.2 Å². The fourth-order valence-electron chi connectivity index (χ4n) is 2.74. The van der Waals surface area contributed by atoms with Crippen LogP contribution in [0.15, 0.2) is 82.8 Å². The first-order chi connectivity index (χ1) is 15.2. The highest BCUT2D eigenvalue weighted by Gasteiger charge is 2.27. The molecule has 3 aromatic carbocycles. The Kier molecular flexibility index (Phi) is 7.98. The van der Waals surface area contributed by atoms with Crippen LogP contribution < -0.4 is 5.43 Å². The normalized spacial score (nSPS) is 11.8. The van der Waals surface area contributed by atoms with E-state index in [1.165, 1.54) is 54.7 Å². The first-order valence-electron chi connectivity index (χ1n) is 9.32. The second kappa shape index (κ2) is 10.7. The molecule has 1 N–H and O–H groups in total. The number of halogens is 3. The molecule has 0 saturated carbocycles. The van der Waals surface area contributed by atoms with E-state index in [1.807, 2.05) is 0 Å². The molecule has 0 bridgehead atoms. The number of rotatable bonds is 8. The Labute approximate surface area is 195 Å². The van der Waals surface area contributed by atoms with Crippen LogP contribution in [-0.4, -0.2) is 31.4 Å². The molecule has 3 rings (SSSR count). The molecule has 3 aromatic rings. The van der Waals surface area contributed by atoms with Crippen molar-refractivity contribution < 1.29 is 17.6 Å². The molecule has 10 heteroatoms. The summed E-state index contributed by atoms with van der Waals surface area (Å²) >= 11 is 11.8. The second-order valence-corrected chi connectivity index (χ2v) is 9.51. The van der Waals surface area contributed by atoms with Crippen molar-refractivity contribution in [2.45, 2.75) is 11.4 Å². The van der Waals surface area contributed by atoms with Crippen LogP contribution in [-0.2, 0) is 21.4 Å². The monoisotopic (exact) mass is 493 g/mol. The average molecular weight is 494 g/mol. The highest BCUT2D eigenvalue weighted by atomic mass is 35.5. The maximum absolute atomic E-state index is 13.2. The molecule has 0 heterocycles. The summed E-state index contributed by atoms with van der Waals surface area (Å²) in [6.45, 7) is -0.647. The third-order valence-corrected chi connectivity index (χ3v) is 6.59. The number of benzene rings is 3. The summed E-state index contributed by atoms with van der Waals surface area (Å²) in [6, 6.07) is 17.8. The number of hydrazone groups is 1. The molecule has 0 atom stereocenters. The predicted octanol–water partition coefficient (Wildman–Crippen LogP) is 4.47. The van der Waals surface area contributed by atoms with Crippen molar-refractivity contribution in [1.82, 2.24) is 9.73 Å². The first-order valence-corrected chi connectivity index (χ1v) is 11.5. The van der Waals surface area contributed by atoms with Gasteiger partial charge >= 0.3 is 0 Å². The van der Waals surface area contributed by atoms with Crippen LogP contribution in [0, 0.1) is 5.82 Å². The number of hydrogen-bond donors (Lipinski definition) is 1. The van der Waals surface area contributed by atoms with Crippen LogP contribution in [0.4, 0.5) is 4.39 Å². The molecule has 0 fully saturated rings. The van der Waals surface area contributed by atoms with Gasteiger partial charge in [-0.05, 0) is 59.7 Å². The van der Waals surface area contributed by atoms with Gasteiger partial charge in [-0.15, -0.1) is 0 Å². The van der Waals surface area contributed by atoms with E-state index in [2.05, 4.69) is 10.5 Å². The van der Waals surface area contributed by atoms with E-state index >= 15 is 0 Å². The van der Waals surface area contributed by atoms with Crippen LogP contribution in [0.5, 0.6) is 0 Å². The number of carbonyl (C=O) groups is 1. The van der Waals surface area contributed by atoms with Gasteiger partial charge in [0.1, 0.15) is 5.82 Å². The zero-order chi connectivity index (χ0) is 23.1. The number of nitrogens with one attached hydrogen (secondary N) is 1. The Balaban J connectivity index is 1.79. The molecule has 6 nitrogen and oxygen atoms in total. The smallest absolute Gasteiger partial charge is 0.255 e. The highest BCUT2D eigenvalue weighted by Crippen LogP contribution is 2.20. The minimum Gasteiger partial charge on any atom is -0.272 e. The summed E-state index contributed by atoms with van der Waals surface area (Å²) in [6.07, 6.45) is 1.39. The highest BCUT2D eigenvalue weighted by molar-refractivity contribution is 7.89. The van der Waals surface area contributed by atoms with Gasteiger partial charge in [0, 0.05) is 16.6 Å². The van der Waals surface area contributed by atoms with Gasteiger partial charge in [0.2, 0.25) is 10.0 Å². The minimum absolute atomic E-state index is 0.0285. The molecule has 0 saturated heterocycles. The van der Waals surface area contributed by atoms with Gasteiger partial charge in [0.05, 0.1) is 17.7 Å². The molecule has 1 amide bonds. The van der Waals surface area contributed by atoms with E-state index in [0.717, 1.165) is 4.31 Å². The molecule has 0 spiro atoms. The molecule has 0 aliphatic rings. The Morgan fingerprint density at radius 1 is 1.00 bits per heavy atom. The van der Waals surface area contributed by atoms with E-state index in [9.17, 15) is 17.6 Å². The van der Waals surface area contributed by atoms with Gasteiger partial charge < -0.3 is 0 Å². The lowest BCUT2D eigenvalue weighted by atomic mass is 10.2. The molecule has 0 unspecified atom stereocenters. The number of nitrogens with zero attached hydrogens (tertiary/aromatic N) is 2. The molecule has 32 heavy (non-hydrogen) atoms. The van der Waals surface area contributed by atoms with E-state index in [1.54, 1.807) is 24.3 Å². The third-order valence-electron chi connectivity index (χ3n) is 4.30. The van der Waals surface area contributed by atoms with Crippen LogP contribution in [0.1, 0.15) is 11.1 Å². The van der Waals surface area contributed by atoms with Gasteiger partial charge in [0.15, 0.2) is 0 Å². The van der Waals surface area contributed by atoms with Gasteiger partial charge in [-0.1, -0.05) is 47.5 Å². The van der Waals surface area contributed by atoms with Crippen molar-refractivity contribution in [3.63, 3.8) is 0 Å². The van der Waals surface area contributed by atoms with Crippen molar-refractivity contribution in [3.8, 4) is 0 Å². The van der Waals surface area contributed by atoms with Crippen molar-refractivity contribution in [3.05, 3.63) is 99.8 Å². The largest absolute Gasteiger partial charge is 0.272 e. The van der Waals surface area contributed by atoms with Crippen molar-refractivity contribution >= 4 is 45.3 Å². The van der Waals surface area contributed by atoms with E-state index in [-0.39, 0.29) is 11.4 Å². The molecule has 0 aromatic heterocycles. The Morgan fingerprint density at radius 2 is 1.69 bits per heavy atom. The van der Waals surface area contributed by atoms with E-state index < -0.39 is 28.3 Å². The van der Waals surface area contributed by atoms with E-state index in [0.29, 0.717) is 21.2 Å². The maximum atomic E-state index is 13.2.